The Labute approximate surface area is 143 Å². The average molecular weight is 348 g/mol. The molecule has 132 valence electrons. The summed E-state index contributed by atoms with van der Waals surface area (Å²) in [6.07, 6.45) is 1.86. The van der Waals surface area contributed by atoms with Crippen LogP contribution in [0.5, 0.6) is 0 Å². The first kappa shape index (κ1) is 17.5. The van der Waals surface area contributed by atoms with Gasteiger partial charge in [0.25, 0.3) is 0 Å². The van der Waals surface area contributed by atoms with Crippen LogP contribution in [0.1, 0.15) is 37.0 Å². The molecule has 2 saturated carbocycles. The van der Waals surface area contributed by atoms with Gasteiger partial charge in [0, 0.05) is 5.57 Å². The van der Waals surface area contributed by atoms with Crippen molar-refractivity contribution in [2.24, 2.45) is 16.7 Å². The van der Waals surface area contributed by atoms with E-state index < -0.39 is 45.6 Å². The molecule has 2 atom stereocenters. The molecule has 2 bridgehead atoms. The lowest BCUT2D eigenvalue weighted by molar-refractivity contribution is -0.161. The number of benzene rings is 1. The van der Waals surface area contributed by atoms with Crippen LogP contribution in [0.4, 0.5) is 8.78 Å². The Balaban J connectivity index is 2.08. The molecule has 1 unspecified atom stereocenters. The summed E-state index contributed by atoms with van der Waals surface area (Å²) in [6.45, 7) is 3.57. The van der Waals surface area contributed by atoms with Crippen LogP contribution in [-0.4, -0.2) is 24.6 Å². The Kier molecular flexibility index (Phi) is 3.89. The molecule has 0 spiro atoms. The minimum Gasteiger partial charge on any atom is -0.468 e. The zero-order valence-electron chi connectivity index (χ0n) is 14.2. The molecule has 3 rings (SSSR count). The second kappa shape index (κ2) is 5.58. The zero-order chi connectivity index (χ0) is 18.6. The van der Waals surface area contributed by atoms with Crippen molar-refractivity contribution in [3.05, 3.63) is 47.0 Å². The van der Waals surface area contributed by atoms with Crippen molar-refractivity contribution in [2.45, 2.75) is 26.7 Å². The summed E-state index contributed by atoms with van der Waals surface area (Å²) in [4.78, 5) is 37.7. The van der Waals surface area contributed by atoms with Crippen molar-refractivity contribution in [3.63, 3.8) is 0 Å². The van der Waals surface area contributed by atoms with Gasteiger partial charge in [-0.15, -0.1) is 0 Å². The fourth-order valence-electron chi connectivity index (χ4n) is 4.44. The number of fused-ring (bicyclic) bond motifs is 2. The maximum absolute atomic E-state index is 13.8. The van der Waals surface area contributed by atoms with Gasteiger partial charge in [-0.3, -0.25) is 14.4 Å². The molecule has 0 aromatic heterocycles. The van der Waals surface area contributed by atoms with E-state index in [9.17, 15) is 23.2 Å². The molecule has 0 aliphatic heterocycles. The number of carbonyl (C=O) groups excluding carboxylic acids is 3. The maximum Gasteiger partial charge on any atom is 0.320 e. The first-order valence-corrected chi connectivity index (χ1v) is 8.01. The fourth-order valence-corrected chi connectivity index (χ4v) is 4.44. The van der Waals surface area contributed by atoms with E-state index in [0.29, 0.717) is 12.8 Å². The Morgan fingerprint density at radius 1 is 1.24 bits per heavy atom. The van der Waals surface area contributed by atoms with Gasteiger partial charge in [-0.05, 0) is 42.4 Å². The monoisotopic (exact) mass is 348 g/mol. The number of halogens is 2. The third kappa shape index (κ3) is 2.12. The van der Waals surface area contributed by atoms with Crippen LogP contribution in [-0.2, 0) is 14.3 Å². The number of hydrogen-bond acceptors (Lipinski definition) is 4. The summed E-state index contributed by atoms with van der Waals surface area (Å²) in [5, 5.41) is 0. The molecule has 2 aliphatic carbocycles. The van der Waals surface area contributed by atoms with Gasteiger partial charge in [0.2, 0.25) is 0 Å². The largest absolute Gasteiger partial charge is 0.468 e. The summed E-state index contributed by atoms with van der Waals surface area (Å²) >= 11 is 0. The Morgan fingerprint density at radius 2 is 1.84 bits per heavy atom. The van der Waals surface area contributed by atoms with E-state index in [1.165, 1.54) is 7.11 Å². The highest BCUT2D eigenvalue weighted by molar-refractivity contribution is 6.20. The normalized spacial score (nSPS) is 28.4. The summed E-state index contributed by atoms with van der Waals surface area (Å²) in [7, 11) is 1.22. The summed E-state index contributed by atoms with van der Waals surface area (Å²) in [5.41, 5.74) is -2.62. The van der Waals surface area contributed by atoms with E-state index in [0.717, 1.165) is 24.3 Å². The molecule has 0 radical (unpaired) electrons. The van der Waals surface area contributed by atoms with Crippen LogP contribution in [0.25, 0.3) is 0 Å². The SMILES string of the molecule is COC(=O)[C@@]12CCC(C(=CC(=O)c3c(F)cccc3F)C1=O)C2(C)C. The summed E-state index contributed by atoms with van der Waals surface area (Å²) < 4.78 is 32.5. The number of Topliss-reactive ketones (excluding diaryl/α,β-unsaturated/α-hetero) is 1. The predicted molar refractivity (Wildman–Crippen MR) is 84.7 cm³/mol. The standard InChI is InChI=1S/C19H18F2O4/c1-18(2)11-7-8-19(18,17(24)25-3)16(23)10(11)9-14(22)15-12(20)5-4-6-13(15)21/h4-6,9,11H,7-8H2,1-3H3/t11?,19-/m1/s1. The Hall–Kier alpha value is -2.37. The molecule has 0 N–H and O–H groups in total. The topological polar surface area (TPSA) is 60.4 Å². The molecule has 6 heteroatoms. The molecule has 0 heterocycles. The van der Waals surface area contributed by atoms with Gasteiger partial charge in [0.05, 0.1) is 12.7 Å². The minimum atomic E-state index is -1.34. The van der Waals surface area contributed by atoms with Crippen molar-refractivity contribution in [1.29, 1.82) is 0 Å². The molecule has 0 amide bonds. The zero-order valence-corrected chi connectivity index (χ0v) is 14.2. The number of hydrogen-bond donors (Lipinski definition) is 0. The lowest BCUT2D eigenvalue weighted by Crippen LogP contribution is -2.44. The molecular weight excluding hydrogens is 330 g/mol. The van der Waals surface area contributed by atoms with Crippen LogP contribution >= 0.6 is 0 Å². The molecule has 4 nitrogen and oxygen atoms in total. The fraction of sp³-hybridized carbons (Fsp3) is 0.421. The lowest BCUT2D eigenvalue weighted by atomic mass is 9.69. The molecule has 1 aromatic carbocycles. The van der Waals surface area contributed by atoms with Crippen molar-refractivity contribution < 1.29 is 27.9 Å². The lowest BCUT2D eigenvalue weighted by Gasteiger charge is -2.32. The van der Waals surface area contributed by atoms with Gasteiger partial charge in [0.15, 0.2) is 11.6 Å². The molecule has 25 heavy (non-hydrogen) atoms. The van der Waals surface area contributed by atoms with Crippen LogP contribution in [0.3, 0.4) is 0 Å². The third-order valence-corrected chi connectivity index (χ3v) is 5.83. The Bertz CT molecular complexity index is 804. The molecule has 2 fully saturated rings. The van der Waals surface area contributed by atoms with Crippen LogP contribution < -0.4 is 0 Å². The van der Waals surface area contributed by atoms with E-state index in [1.54, 1.807) is 13.8 Å². The van der Waals surface area contributed by atoms with Gasteiger partial charge in [-0.2, -0.15) is 0 Å². The average Bonchev–Trinajstić information content (AvgIpc) is 2.90. The molecular formula is C19H18F2O4. The molecule has 1 aromatic rings. The predicted octanol–water partition coefficient (Wildman–Crippen LogP) is 3.25. The van der Waals surface area contributed by atoms with E-state index in [-0.39, 0.29) is 11.5 Å². The van der Waals surface area contributed by atoms with Gasteiger partial charge in [-0.1, -0.05) is 19.9 Å². The highest BCUT2D eigenvalue weighted by Crippen LogP contribution is 2.66. The maximum atomic E-state index is 13.8. The van der Waals surface area contributed by atoms with Crippen LogP contribution in [0.2, 0.25) is 0 Å². The van der Waals surface area contributed by atoms with Gasteiger partial charge >= 0.3 is 5.97 Å². The first-order chi connectivity index (χ1) is 11.7. The summed E-state index contributed by atoms with van der Waals surface area (Å²) in [5.74, 6) is -4.33. The van der Waals surface area contributed by atoms with Gasteiger partial charge in [0.1, 0.15) is 17.0 Å². The smallest absolute Gasteiger partial charge is 0.320 e. The van der Waals surface area contributed by atoms with Crippen molar-refractivity contribution >= 4 is 17.5 Å². The Morgan fingerprint density at radius 3 is 2.40 bits per heavy atom. The van der Waals surface area contributed by atoms with E-state index in [4.69, 9.17) is 4.74 Å². The molecule has 0 saturated heterocycles. The highest BCUT2D eigenvalue weighted by atomic mass is 19.1. The minimum absolute atomic E-state index is 0.148. The van der Waals surface area contributed by atoms with Crippen molar-refractivity contribution in [1.82, 2.24) is 0 Å². The van der Waals surface area contributed by atoms with Crippen LogP contribution in [0, 0.1) is 28.4 Å². The number of methoxy groups -OCH3 is 1. The quantitative estimate of drug-likeness (QED) is 0.364. The number of rotatable bonds is 3. The number of ether oxygens (including phenoxy) is 1. The van der Waals surface area contributed by atoms with E-state index in [1.807, 2.05) is 0 Å². The van der Waals surface area contributed by atoms with Gasteiger partial charge in [-0.25, -0.2) is 8.78 Å². The number of esters is 1. The number of carbonyl (C=O) groups is 3. The van der Waals surface area contributed by atoms with Crippen LogP contribution in [0.15, 0.2) is 29.8 Å². The number of ketones is 2. The van der Waals surface area contributed by atoms with E-state index in [2.05, 4.69) is 0 Å². The van der Waals surface area contributed by atoms with Gasteiger partial charge < -0.3 is 4.74 Å². The third-order valence-electron chi connectivity index (χ3n) is 5.83. The first-order valence-electron chi connectivity index (χ1n) is 8.01. The highest BCUT2D eigenvalue weighted by Gasteiger charge is 2.71. The van der Waals surface area contributed by atoms with Crippen molar-refractivity contribution in [3.8, 4) is 0 Å². The second-order valence-electron chi connectivity index (χ2n) is 7.10. The van der Waals surface area contributed by atoms with E-state index >= 15 is 0 Å². The summed E-state index contributed by atoms with van der Waals surface area (Å²) in [6, 6.07) is 3.13. The van der Waals surface area contributed by atoms with Crippen molar-refractivity contribution in [2.75, 3.05) is 7.11 Å². The number of allylic oxidation sites excluding steroid dienone is 2. The second-order valence-corrected chi connectivity index (χ2v) is 7.10. The molecule has 2 aliphatic rings.